The maximum atomic E-state index is 5.56. The smallest absolute Gasteiger partial charge is 0.158 e. The zero-order valence-electron chi connectivity index (χ0n) is 12.5. The van der Waals surface area contributed by atoms with E-state index in [2.05, 4.69) is 34.4 Å². The van der Waals surface area contributed by atoms with Crippen molar-refractivity contribution in [3.63, 3.8) is 0 Å². The summed E-state index contributed by atoms with van der Waals surface area (Å²) in [5, 5.41) is 6.73. The van der Waals surface area contributed by atoms with Gasteiger partial charge in [-0.15, -0.1) is 0 Å². The van der Waals surface area contributed by atoms with Crippen LogP contribution in [0.4, 0.5) is 11.6 Å². The van der Waals surface area contributed by atoms with Crippen molar-refractivity contribution in [1.29, 1.82) is 0 Å². The number of ether oxygens (including phenoxy) is 2. The molecule has 2 atom stereocenters. The lowest BCUT2D eigenvalue weighted by Crippen LogP contribution is -2.27. The van der Waals surface area contributed by atoms with Gasteiger partial charge in [0.2, 0.25) is 0 Å². The standard InChI is InChI=1S/C14H24N4O2/c1-4-6-15-12-8-13(18-14(17-12)9-19-3)16-11-5-7-20-10(11)2/h8,10-11H,4-7,9H2,1-3H3,(H2,15,16,17,18). The van der Waals surface area contributed by atoms with Crippen LogP contribution in [0.2, 0.25) is 0 Å². The molecular weight excluding hydrogens is 256 g/mol. The molecule has 0 bridgehead atoms. The van der Waals surface area contributed by atoms with Gasteiger partial charge in [-0.25, -0.2) is 9.97 Å². The van der Waals surface area contributed by atoms with Gasteiger partial charge >= 0.3 is 0 Å². The third-order valence-corrected chi connectivity index (χ3v) is 3.31. The third-order valence-electron chi connectivity index (χ3n) is 3.31. The topological polar surface area (TPSA) is 68.3 Å². The maximum Gasteiger partial charge on any atom is 0.158 e. The molecule has 1 fully saturated rings. The Morgan fingerprint density at radius 2 is 2.20 bits per heavy atom. The second-order valence-electron chi connectivity index (χ2n) is 5.03. The molecule has 1 aliphatic rings. The first kappa shape index (κ1) is 15.0. The molecular formula is C14H24N4O2. The summed E-state index contributed by atoms with van der Waals surface area (Å²) < 4.78 is 10.7. The van der Waals surface area contributed by atoms with E-state index in [1.807, 2.05) is 6.07 Å². The number of hydrogen-bond acceptors (Lipinski definition) is 6. The van der Waals surface area contributed by atoms with Gasteiger partial charge < -0.3 is 20.1 Å². The Kier molecular flexibility index (Phi) is 5.55. The summed E-state index contributed by atoms with van der Waals surface area (Å²) in [4.78, 5) is 8.92. The second-order valence-corrected chi connectivity index (χ2v) is 5.03. The number of methoxy groups -OCH3 is 1. The lowest BCUT2D eigenvalue weighted by molar-refractivity contribution is 0.121. The largest absolute Gasteiger partial charge is 0.377 e. The van der Waals surface area contributed by atoms with Crippen LogP contribution in [0.5, 0.6) is 0 Å². The number of anilines is 2. The van der Waals surface area contributed by atoms with Gasteiger partial charge in [-0.05, 0) is 19.8 Å². The highest BCUT2D eigenvalue weighted by atomic mass is 16.5. The fourth-order valence-corrected chi connectivity index (χ4v) is 2.22. The van der Waals surface area contributed by atoms with Crippen molar-refractivity contribution in [2.45, 2.75) is 45.4 Å². The summed E-state index contributed by atoms with van der Waals surface area (Å²) in [5.41, 5.74) is 0. The number of nitrogens with zero attached hydrogens (tertiary/aromatic N) is 2. The third kappa shape index (κ3) is 4.05. The Labute approximate surface area is 120 Å². The lowest BCUT2D eigenvalue weighted by Gasteiger charge is -2.18. The summed E-state index contributed by atoms with van der Waals surface area (Å²) in [5.74, 6) is 2.35. The lowest BCUT2D eigenvalue weighted by atomic mass is 10.1. The molecule has 6 nitrogen and oxygen atoms in total. The highest BCUT2D eigenvalue weighted by molar-refractivity contribution is 5.48. The predicted molar refractivity (Wildman–Crippen MR) is 79.0 cm³/mol. The van der Waals surface area contributed by atoms with E-state index in [-0.39, 0.29) is 6.10 Å². The fraction of sp³-hybridized carbons (Fsp3) is 0.714. The van der Waals surface area contributed by atoms with Crippen molar-refractivity contribution in [2.75, 3.05) is 30.9 Å². The minimum Gasteiger partial charge on any atom is -0.377 e. The van der Waals surface area contributed by atoms with E-state index in [1.54, 1.807) is 7.11 Å². The molecule has 0 spiro atoms. The van der Waals surface area contributed by atoms with Crippen molar-refractivity contribution in [1.82, 2.24) is 9.97 Å². The highest BCUT2D eigenvalue weighted by Gasteiger charge is 2.24. The molecule has 1 aromatic heterocycles. The molecule has 112 valence electrons. The Morgan fingerprint density at radius 1 is 1.40 bits per heavy atom. The second kappa shape index (κ2) is 7.40. The quantitative estimate of drug-likeness (QED) is 0.796. The zero-order chi connectivity index (χ0) is 14.4. The van der Waals surface area contributed by atoms with Crippen LogP contribution >= 0.6 is 0 Å². The molecule has 2 unspecified atom stereocenters. The Bertz CT molecular complexity index is 428. The SMILES string of the molecule is CCCNc1cc(NC2CCOC2C)nc(COC)n1. The average Bonchev–Trinajstić information content (AvgIpc) is 2.82. The molecule has 0 aromatic carbocycles. The highest BCUT2D eigenvalue weighted by Crippen LogP contribution is 2.19. The maximum absolute atomic E-state index is 5.56. The van der Waals surface area contributed by atoms with Crippen molar-refractivity contribution in [2.24, 2.45) is 0 Å². The molecule has 6 heteroatoms. The molecule has 0 saturated carbocycles. The minimum atomic E-state index is 0.211. The molecule has 1 saturated heterocycles. The Balaban J connectivity index is 2.10. The molecule has 2 heterocycles. The van der Waals surface area contributed by atoms with Crippen LogP contribution in [0.1, 0.15) is 32.5 Å². The molecule has 0 radical (unpaired) electrons. The zero-order valence-corrected chi connectivity index (χ0v) is 12.5. The van der Waals surface area contributed by atoms with Gasteiger partial charge in [0.25, 0.3) is 0 Å². The summed E-state index contributed by atoms with van der Waals surface area (Å²) in [6.07, 6.45) is 2.27. The van der Waals surface area contributed by atoms with Crippen LogP contribution in [0.25, 0.3) is 0 Å². The van der Waals surface area contributed by atoms with Crippen LogP contribution < -0.4 is 10.6 Å². The van der Waals surface area contributed by atoms with Crippen LogP contribution in [0.15, 0.2) is 6.07 Å². The number of hydrogen-bond donors (Lipinski definition) is 2. The van der Waals surface area contributed by atoms with Gasteiger partial charge in [0.15, 0.2) is 5.82 Å². The number of aromatic nitrogens is 2. The van der Waals surface area contributed by atoms with E-state index in [9.17, 15) is 0 Å². The minimum absolute atomic E-state index is 0.211. The first-order valence-corrected chi connectivity index (χ1v) is 7.21. The molecule has 2 rings (SSSR count). The van der Waals surface area contributed by atoms with E-state index in [1.165, 1.54) is 0 Å². The number of nitrogens with one attached hydrogen (secondary N) is 2. The predicted octanol–water partition coefficient (Wildman–Crippen LogP) is 2.03. The van der Waals surface area contributed by atoms with Gasteiger partial charge in [0.1, 0.15) is 18.2 Å². The summed E-state index contributed by atoms with van der Waals surface area (Å²) in [6.45, 7) is 6.31. The van der Waals surface area contributed by atoms with E-state index in [0.717, 1.165) is 37.6 Å². The van der Waals surface area contributed by atoms with E-state index < -0.39 is 0 Å². The van der Waals surface area contributed by atoms with Crippen molar-refractivity contribution < 1.29 is 9.47 Å². The molecule has 1 aromatic rings. The van der Waals surface area contributed by atoms with Gasteiger partial charge in [-0.3, -0.25) is 0 Å². The van der Waals surface area contributed by atoms with Crippen LogP contribution in [0, 0.1) is 0 Å². The van der Waals surface area contributed by atoms with Crippen LogP contribution in [-0.4, -0.2) is 42.4 Å². The van der Waals surface area contributed by atoms with E-state index >= 15 is 0 Å². The summed E-state index contributed by atoms with van der Waals surface area (Å²) >= 11 is 0. The fourth-order valence-electron chi connectivity index (χ4n) is 2.22. The van der Waals surface area contributed by atoms with Crippen molar-refractivity contribution >= 4 is 11.6 Å². The Morgan fingerprint density at radius 3 is 2.85 bits per heavy atom. The molecule has 1 aliphatic heterocycles. The van der Waals surface area contributed by atoms with E-state index in [0.29, 0.717) is 18.5 Å². The van der Waals surface area contributed by atoms with Gasteiger partial charge in [-0.2, -0.15) is 0 Å². The van der Waals surface area contributed by atoms with Crippen LogP contribution in [-0.2, 0) is 16.1 Å². The molecule has 2 N–H and O–H groups in total. The van der Waals surface area contributed by atoms with Crippen molar-refractivity contribution in [3.8, 4) is 0 Å². The van der Waals surface area contributed by atoms with Gasteiger partial charge in [0.05, 0.1) is 12.1 Å². The van der Waals surface area contributed by atoms with E-state index in [4.69, 9.17) is 9.47 Å². The molecule has 0 aliphatic carbocycles. The first-order valence-electron chi connectivity index (χ1n) is 7.21. The monoisotopic (exact) mass is 280 g/mol. The number of rotatable bonds is 7. The average molecular weight is 280 g/mol. The summed E-state index contributed by atoms with van der Waals surface area (Å²) in [6, 6.07) is 2.25. The van der Waals surface area contributed by atoms with Crippen LogP contribution in [0.3, 0.4) is 0 Å². The van der Waals surface area contributed by atoms with Crippen molar-refractivity contribution in [3.05, 3.63) is 11.9 Å². The summed E-state index contributed by atoms with van der Waals surface area (Å²) in [7, 11) is 1.65. The van der Waals surface area contributed by atoms with Gasteiger partial charge in [0, 0.05) is 26.3 Å². The van der Waals surface area contributed by atoms with Gasteiger partial charge in [-0.1, -0.05) is 6.92 Å². The molecule has 20 heavy (non-hydrogen) atoms. The Hall–Kier alpha value is -1.40. The normalized spacial score (nSPS) is 21.9. The first-order chi connectivity index (χ1) is 9.72. The molecule has 0 amide bonds.